The van der Waals surface area contributed by atoms with Gasteiger partial charge in [-0.15, -0.1) is 0 Å². The van der Waals surface area contributed by atoms with Crippen LogP contribution in [0.1, 0.15) is 52.3 Å². The van der Waals surface area contributed by atoms with Gasteiger partial charge in [-0.25, -0.2) is 0 Å². The highest BCUT2D eigenvalue weighted by atomic mass is 35.5. The van der Waals surface area contributed by atoms with Gasteiger partial charge in [0.1, 0.15) is 0 Å². The molecule has 3 heterocycles. The Morgan fingerprint density at radius 3 is 2.35 bits per heavy atom. The van der Waals surface area contributed by atoms with Gasteiger partial charge in [-0.2, -0.15) is 18.3 Å². The molecule has 0 spiro atoms. The Bertz CT molecular complexity index is 1520. The maximum Gasteiger partial charge on any atom is 0.433 e. The quantitative estimate of drug-likeness (QED) is 0.229. The first-order valence-corrected chi connectivity index (χ1v) is 16.5. The van der Waals surface area contributed by atoms with E-state index in [1.807, 2.05) is 19.1 Å². The molecule has 0 saturated heterocycles. The van der Waals surface area contributed by atoms with Crippen molar-refractivity contribution in [2.75, 3.05) is 0 Å². The number of hydrogen-bond donors (Lipinski definition) is 1. The maximum atomic E-state index is 14.7. The van der Waals surface area contributed by atoms with Crippen LogP contribution in [-0.4, -0.2) is 38.7 Å². The van der Waals surface area contributed by atoms with Crippen LogP contribution in [0.25, 0.3) is 33.6 Å². The first-order valence-electron chi connectivity index (χ1n) is 13.2. The molecule has 1 aromatic carbocycles. The number of nitrogens with zero attached hydrogens (tertiary/aromatic N) is 4. The van der Waals surface area contributed by atoms with Crippen LogP contribution in [0.5, 0.6) is 0 Å². The highest BCUT2D eigenvalue weighted by Gasteiger charge is 2.52. The molecule has 5 rings (SSSR count). The molecule has 3 aromatic heterocycles. The average molecular weight is 588 g/mol. The molecule has 0 bridgehead atoms. The molecule has 1 N–H and O–H groups in total. The molecule has 0 unspecified atom stereocenters. The number of hydrogen-bond acceptors (Lipinski definition) is 4. The van der Waals surface area contributed by atoms with E-state index in [1.165, 1.54) is 24.8 Å². The second-order valence-corrected chi connectivity index (χ2v) is 17.4. The molecule has 40 heavy (non-hydrogen) atoms. The van der Waals surface area contributed by atoms with Crippen molar-refractivity contribution in [2.45, 2.75) is 76.5 Å². The van der Waals surface area contributed by atoms with Crippen molar-refractivity contribution in [3.8, 4) is 33.6 Å². The van der Waals surface area contributed by atoms with Crippen molar-refractivity contribution >= 4 is 19.9 Å². The normalized spacial score (nSPS) is 20.0. The van der Waals surface area contributed by atoms with Crippen LogP contribution < -0.4 is 0 Å². The van der Waals surface area contributed by atoms with E-state index in [0.717, 1.165) is 4.68 Å². The summed E-state index contributed by atoms with van der Waals surface area (Å²) in [7, 11) is -2.10. The fourth-order valence-corrected chi connectivity index (χ4v) is 7.23. The molecular weight excluding hydrogens is 555 g/mol. The summed E-state index contributed by atoms with van der Waals surface area (Å²) in [6, 6.07) is 6.75. The monoisotopic (exact) mass is 587 g/mol. The van der Waals surface area contributed by atoms with Gasteiger partial charge in [0.05, 0.1) is 35.4 Å². The van der Waals surface area contributed by atoms with E-state index in [2.05, 4.69) is 53.9 Å². The molecule has 1 saturated carbocycles. The van der Waals surface area contributed by atoms with Crippen molar-refractivity contribution < 1.29 is 17.6 Å². The number of halogens is 4. The van der Waals surface area contributed by atoms with Gasteiger partial charge in [-0.3, -0.25) is 14.6 Å². The van der Waals surface area contributed by atoms with E-state index < -0.39 is 31.8 Å². The zero-order valence-electron chi connectivity index (χ0n) is 23.4. The Balaban J connectivity index is 1.58. The van der Waals surface area contributed by atoms with Crippen molar-refractivity contribution in [3.63, 3.8) is 0 Å². The highest BCUT2D eigenvalue weighted by molar-refractivity contribution is 6.74. The lowest BCUT2D eigenvalue weighted by molar-refractivity contribution is -0.148. The lowest BCUT2D eigenvalue weighted by atomic mass is 9.77. The van der Waals surface area contributed by atoms with Gasteiger partial charge in [0.2, 0.25) is 0 Å². The van der Waals surface area contributed by atoms with Crippen LogP contribution in [0.3, 0.4) is 0 Å². The molecule has 0 amide bonds. The van der Waals surface area contributed by atoms with Gasteiger partial charge in [0, 0.05) is 45.9 Å². The number of H-pyrrole nitrogens is 1. The lowest BCUT2D eigenvalue weighted by Gasteiger charge is -2.52. The minimum absolute atomic E-state index is 0.000796. The molecule has 0 radical (unpaired) electrons. The second-order valence-electron chi connectivity index (χ2n) is 12.2. The van der Waals surface area contributed by atoms with Gasteiger partial charge in [0.15, 0.2) is 14.0 Å². The molecule has 1 fully saturated rings. The van der Waals surface area contributed by atoms with Crippen LogP contribution in [-0.2, 0) is 10.6 Å². The third-order valence-electron chi connectivity index (χ3n) is 8.19. The van der Waals surface area contributed by atoms with Crippen molar-refractivity contribution in [1.29, 1.82) is 0 Å². The predicted molar refractivity (Wildman–Crippen MR) is 153 cm³/mol. The van der Waals surface area contributed by atoms with E-state index in [4.69, 9.17) is 16.0 Å². The number of aromatic amines is 1. The molecule has 0 atom stereocenters. The van der Waals surface area contributed by atoms with E-state index in [9.17, 15) is 13.2 Å². The van der Waals surface area contributed by atoms with Crippen LogP contribution in [0.2, 0.25) is 23.2 Å². The maximum absolute atomic E-state index is 14.7. The molecule has 0 aliphatic heterocycles. The Kier molecular flexibility index (Phi) is 7.04. The number of aromatic nitrogens is 5. The summed E-state index contributed by atoms with van der Waals surface area (Å²) < 4.78 is 52.0. The topological polar surface area (TPSA) is 68.6 Å². The minimum atomic E-state index is -4.65. The molecule has 11 heteroatoms. The van der Waals surface area contributed by atoms with Gasteiger partial charge in [-0.1, -0.05) is 50.6 Å². The second kappa shape index (κ2) is 9.85. The summed E-state index contributed by atoms with van der Waals surface area (Å²) >= 11 is 6.49. The Hall–Kier alpha value is -2.95. The van der Waals surface area contributed by atoms with Gasteiger partial charge in [0.25, 0.3) is 0 Å². The summed E-state index contributed by atoms with van der Waals surface area (Å²) in [5.41, 5.74) is 1.12. The van der Waals surface area contributed by atoms with Crippen LogP contribution >= 0.6 is 11.6 Å². The smallest absolute Gasteiger partial charge is 0.411 e. The molecule has 6 nitrogen and oxygen atoms in total. The third kappa shape index (κ3) is 5.12. The van der Waals surface area contributed by atoms with Gasteiger partial charge >= 0.3 is 6.18 Å². The zero-order valence-corrected chi connectivity index (χ0v) is 25.2. The molecule has 212 valence electrons. The molecule has 4 aromatic rings. The number of alkyl halides is 3. The van der Waals surface area contributed by atoms with Crippen molar-refractivity contribution in [2.24, 2.45) is 0 Å². The Labute approximate surface area is 238 Å². The summed E-state index contributed by atoms with van der Waals surface area (Å²) in [6.45, 7) is 12.8. The van der Waals surface area contributed by atoms with E-state index in [0.29, 0.717) is 40.2 Å². The standard InChI is InChI=1S/C29H33ClF3N5OSi/c1-27(2,3)40(5,6)39-28(4)13-18(14-28)38-26(29(31,32)33)21(16-37-38)25-24(23-17-34-11-12-35-23)20(15-36-25)19-9-7-8-10-22(19)30/h7-12,15-18,36H,13-14H2,1-6H3. The summed E-state index contributed by atoms with van der Waals surface area (Å²) in [4.78, 5) is 11.6. The van der Waals surface area contributed by atoms with E-state index in [-0.39, 0.29) is 16.3 Å². The zero-order chi connectivity index (χ0) is 29.1. The summed E-state index contributed by atoms with van der Waals surface area (Å²) in [5.74, 6) is 0. The molecular formula is C29H33ClF3N5OSi. The van der Waals surface area contributed by atoms with Gasteiger partial charge in [-0.05, 0) is 44.0 Å². The third-order valence-corrected chi connectivity index (χ3v) is 13.1. The van der Waals surface area contributed by atoms with Crippen molar-refractivity contribution in [1.82, 2.24) is 24.7 Å². The largest absolute Gasteiger partial charge is 0.433 e. The number of rotatable bonds is 6. The average Bonchev–Trinajstić information content (AvgIpc) is 3.47. The first kappa shape index (κ1) is 28.6. The number of nitrogens with one attached hydrogen (secondary N) is 1. The Morgan fingerprint density at radius 2 is 1.75 bits per heavy atom. The fraction of sp³-hybridized carbons (Fsp3) is 0.414. The first-order chi connectivity index (χ1) is 18.6. The lowest BCUT2D eigenvalue weighted by Crippen LogP contribution is -2.54. The number of benzene rings is 1. The van der Waals surface area contributed by atoms with E-state index in [1.54, 1.807) is 18.3 Å². The van der Waals surface area contributed by atoms with Crippen LogP contribution in [0, 0.1) is 0 Å². The fourth-order valence-electron chi connectivity index (χ4n) is 5.29. The minimum Gasteiger partial charge on any atom is -0.411 e. The Morgan fingerprint density at radius 1 is 1.05 bits per heavy atom. The SMILES string of the molecule is CC1(O[Si](C)(C)C(C)(C)C)CC(n2ncc(-c3[nH]cc(-c4ccccc4Cl)c3-c3cnccn3)c2C(F)(F)F)C1. The van der Waals surface area contributed by atoms with E-state index >= 15 is 0 Å². The van der Waals surface area contributed by atoms with Crippen LogP contribution in [0.4, 0.5) is 13.2 Å². The summed E-state index contributed by atoms with van der Waals surface area (Å²) in [6.07, 6.45) is 3.76. The van der Waals surface area contributed by atoms with Crippen LogP contribution in [0.15, 0.2) is 55.2 Å². The highest BCUT2D eigenvalue weighted by Crippen LogP contribution is 2.52. The van der Waals surface area contributed by atoms with Crippen molar-refractivity contribution in [3.05, 3.63) is 66.0 Å². The summed E-state index contributed by atoms with van der Waals surface area (Å²) in [5, 5.41) is 4.77. The predicted octanol–water partition coefficient (Wildman–Crippen LogP) is 8.79. The molecule has 1 aliphatic rings. The molecule has 1 aliphatic carbocycles. The van der Waals surface area contributed by atoms with Gasteiger partial charge < -0.3 is 9.41 Å².